The number of nitrogens with zero attached hydrogens (tertiary/aromatic N) is 5. The first-order valence-corrected chi connectivity index (χ1v) is 10.4. The molecular weight excluding hydrogens is 388 g/mol. The molecule has 154 valence electrons. The van der Waals surface area contributed by atoms with Crippen LogP contribution in [0.2, 0.25) is 0 Å². The molecule has 0 unspecified atom stereocenters. The average Bonchev–Trinajstić information content (AvgIpc) is 3.54. The fourth-order valence-electron chi connectivity index (χ4n) is 4.51. The number of amides is 1. The van der Waals surface area contributed by atoms with Gasteiger partial charge in [-0.1, -0.05) is 12.1 Å². The van der Waals surface area contributed by atoms with Crippen molar-refractivity contribution in [3.8, 4) is 17.2 Å². The van der Waals surface area contributed by atoms with Crippen molar-refractivity contribution in [2.24, 2.45) is 5.92 Å². The van der Waals surface area contributed by atoms with E-state index in [0.29, 0.717) is 23.6 Å². The molecule has 1 aliphatic heterocycles. The Balaban J connectivity index is 1.32. The molecule has 1 fully saturated rings. The van der Waals surface area contributed by atoms with Crippen LogP contribution in [0.5, 0.6) is 0 Å². The number of fused-ring (bicyclic) bond motifs is 1. The van der Waals surface area contributed by atoms with Crippen LogP contribution in [0, 0.1) is 17.2 Å². The Morgan fingerprint density at radius 2 is 2.13 bits per heavy atom. The maximum atomic E-state index is 13.0. The van der Waals surface area contributed by atoms with Gasteiger partial charge in [-0.05, 0) is 55.2 Å². The molecule has 0 radical (unpaired) electrons. The Hall–Kier alpha value is -3.92. The highest BCUT2D eigenvalue weighted by Gasteiger charge is 2.33. The zero-order valence-electron chi connectivity index (χ0n) is 17.2. The fraction of sp³-hybridized carbons (Fsp3) is 0.250. The number of aromatic amines is 1. The van der Waals surface area contributed by atoms with Crippen LogP contribution < -0.4 is 0 Å². The number of nitriles is 1. The van der Waals surface area contributed by atoms with Gasteiger partial charge in [0.15, 0.2) is 0 Å². The van der Waals surface area contributed by atoms with E-state index in [2.05, 4.69) is 46.5 Å². The van der Waals surface area contributed by atoms with Gasteiger partial charge in [0.05, 0.1) is 29.5 Å². The zero-order valence-corrected chi connectivity index (χ0v) is 17.2. The van der Waals surface area contributed by atoms with Crippen LogP contribution in [0.3, 0.4) is 0 Å². The topological polar surface area (TPSA) is 90.6 Å². The third-order valence-electron chi connectivity index (χ3n) is 6.07. The van der Waals surface area contributed by atoms with E-state index in [1.165, 1.54) is 0 Å². The van der Waals surface area contributed by atoms with Gasteiger partial charge >= 0.3 is 0 Å². The summed E-state index contributed by atoms with van der Waals surface area (Å²) < 4.78 is 2.04. The smallest absolute Gasteiger partial charge is 0.254 e. The Kier molecular flexibility index (Phi) is 4.75. The molecule has 4 aromatic rings. The van der Waals surface area contributed by atoms with Crippen molar-refractivity contribution in [2.75, 3.05) is 6.54 Å². The number of carbonyl (C=O) groups is 1. The molecule has 0 aliphatic carbocycles. The largest absolute Gasteiger partial charge is 0.336 e. The number of carbonyl (C=O) groups excluding carboxylic acids is 1. The van der Waals surface area contributed by atoms with Crippen molar-refractivity contribution in [1.29, 1.82) is 5.26 Å². The van der Waals surface area contributed by atoms with E-state index in [1.54, 1.807) is 24.3 Å². The summed E-state index contributed by atoms with van der Waals surface area (Å²) in [5, 5.41) is 21.7. The lowest BCUT2D eigenvalue weighted by molar-refractivity contribution is 0.0742. The highest BCUT2D eigenvalue weighted by Crippen LogP contribution is 2.29. The molecule has 1 aliphatic rings. The van der Waals surface area contributed by atoms with Crippen molar-refractivity contribution in [2.45, 2.75) is 25.9 Å². The normalized spacial score (nSPS) is 18.4. The van der Waals surface area contributed by atoms with Crippen LogP contribution in [0.4, 0.5) is 0 Å². The van der Waals surface area contributed by atoms with Crippen LogP contribution >= 0.6 is 0 Å². The van der Waals surface area contributed by atoms with Gasteiger partial charge in [-0.25, -0.2) is 0 Å². The fourth-order valence-corrected chi connectivity index (χ4v) is 4.51. The molecule has 0 spiro atoms. The van der Waals surface area contributed by atoms with Crippen molar-refractivity contribution < 1.29 is 4.79 Å². The summed E-state index contributed by atoms with van der Waals surface area (Å²) in [6.45, 7) is 3.54. The number of rotatable bonds is 4. The summed E-state index contributed by atoms with van der Waals surface area (Å²) in [6.07, 6.45) is 6.51. The molecule has 2 aromatic carbocycles. The minimum Gasteiger partial charge on any atom is -0.336 e. The molecule has 2 aromatic heterocycles. The first kappa shape index (κ1) is 19.1. The number of H-pyrrole nitrogens is 1. The summed E-state index contributed by atoms with van der Waals surface area (Å²) in [4.78, 5) is 14.9. The number of aromatic nitrogens is 4. The third-order valence-corrected chi connectivity index (χ3v) is 6.07. The Labute approximate surface area is 179 Å². The molecule has 3 heterocycles. The summed E-state index contributed by atoms with van der Waals surface area (Å²) in [5.41, 5.74) is 4.32. The second-order valence-electron chi connectivity index (χ2n) is 8.19. The first-order valence-electron chi connectivity index (χ1n) is 10.4. The second kappa shape index (κ2) is 7.73. The summed E-state index contributed by atoms with van der Waals surface area (Å²) in [5.74, 6) is 0.317. The molecule has 2 atom stereocenters. The number of benzene rings is 2. The zero-order chi connectivity index (χ0) is 21.4. The number of hydrogen-bond acceptors (Lipinski definition) is 4. The van der Waals surface area contributed by atoms with E-state index in [1.807, 2.05) is 28.2 Å². The molecule has 1 N–H and O–H groups in total. The van der Waals surface area contributed by atoms with Crippen LogP contribution in [0.1, 0.15) is 29.3 Å². The number of hydrogen-bond donors (Lipinski definition) is 1. The molecule has 5 rings (SSSR count). The van der Waals surface area contributed by atoms with Gasteiger partial charge in [-0.2, -0.15) is 15.5 Å². The Morgan fingerprint density at radius 3 is 2.94 bits per heavy atom. The van der Waals surface area contributed by atoms with Crippen molar-refractivity contribution in [3.63, 3.8) is 0 Å². The monoisotopic (exact) mass is 410 g/mol. The van der Waals surface area contributed by atoms with Crippen LogP contribution in [0.15, 0.2) is 61.1 Å². The molecule has 0 bridgehead atoms. The number of nitrogens with one attached hydrogen (secondary N) is 1. The lowest BCUT2D eigenvalue weighted by atomic mass is 10.1. The second-order valence-corrected chi connectivity index (χ2v) is 8.19. The SMILES string of the molecule is C[C@@H]1C[C@@H](Cn2ncc3cc(-c4cn[nH]c4)ccc32)CN1C(=O)c1cccc(C#N)c1. The van der Waals surface area contributed by atoms with E-state index >= 15 is 0 Å². The minimum atomic E-state index is -0.0119. The highest BCUT2D eigenvalue weighted by atomic mass is 16.2. The van der Waals surface area contributed by atoms with Gasteiger partial charge in [0.2, 0.25) is 0 Å². The van der Waals surface area contributed by atoms with Crippen molar-refractivity contribution in [3.05, 3.63) is 72.2 Å². The Morgan fingerprint density at radius 1 is 1.23 bits per heavy atom. The predicted molar refractivity (Wildman–Crippen MR) is 117 cm³/mol. The van der Waals surface area contributed by atoms with Gasteiger partial charge in [0, 0.05) is 41.8 Å². The maximum absolute atomic E-state index is 13.0. The van der Waals surface area contributed by atoms with Gasteiger partial charge in [0.25, 0.3) is 5.91 Å². The van der Waals surface area contributed by atoms with E-state index in [4.69, 9.17) is 5.26 Å². The first-order chi connectivity index (χ1) is 15.1. The molecule has 1 saturated heterocycles. The van der Waals surface area contributed by atoms with E-state index in [-0.39, 0.29) is 11.9 Å². The lowest BCUT2D eigenvalue weighted by Gasteiger charge is -2.21. The minimum absolute atomic E-state index is 0.0119. The van der Waals surface area contributed by atoms with Crippen molar-refractivity contribution in [1.82, 2.24) is 24.9 Å². The molecular formula is C24H22N6O. The standard InChI is InChI=1S/C24H22N6O/c1-16-7-18(14-29(16)24(31)20-4-2-3-17(8-20)10-25)15-30-23-6-5-19(9-21(23)13-28-30)22-11-26-27-12-22/h2-6,8-9,11-13,16,18H,7,14-15H2,1H3,(H,26,27)/t16-,18-/m1/s1. The van der Waals surface area contributed by atoms with E-state index in [9.17, 15) is 4.79 Å². The third kappa shape index (κ3) is 3.57. The van der Waals surface area contributed by atoms with E-state index < -0.39 is 0 Å². The lowest BCUT2D eigenvalue weighted by Crippen LogP contribution is -2.34. The molecule has 7 nitrogen and oxygen atoms in total. The van der Waals surface area contributed by atoms with Crippen LogP contribution in [-0.4, -0.2) is 43.4 Å². The van der Waals surface area contributed by atoms with Gasteiger partial charge in [-0.15, -0.1) is 0 Å². The molecule has 1 amide bonds. The molecule has 7 heteroatoms. The van der Waals surface area contributed by atoms with Crippen molar-refractivity contribution >= 4 is 16.8 Å². The van der Waals surface area contributed by atoms with Gasteiger partial charge in [-0.3, -0.25) is 14.6 Å². The Bertz CT molecular complexity index is 1280. The summed E-state index contributed by atoms with van der Waals surface area (Å²) in [7, 11) is 0. The number of likely N-dealkylation sites (tertiary alicyclic amines) is 1. The van der Waals surface area contributed by atoms with Gasteiger partial charge in [0.1, 0.15) is 0 Å². The van der Waals surface area contributed by atoms with E-state index in [0.717, 1.165) is 35.0 Å². The quantitative estimate of drug-likeness (QED) is 0.553. The van der Waals surface area contributed by atoms with Crippen LogP contribution in [0.25, 0.3) is 22.0 Å². The molecule has 0 saturated carbocycles. The highest BCUT2D eigenvalue weighted by molar-refractivity contribution is 5.95. The average molecular weight is 410 g/mol. The summed E-state index contributed by atoms with van der Waals surface area (Å²) >= 11 is 0. The predicted octanol–water partition coefficient (Wildman–Crippen LogP) is 3.85. The van der Waals surface area contributed by atoms with Crippen LogP contribution in [-0.2, 0) is 6.54 Å². The van der Waals surface area contributed by atoms with Gasteiger partial charge < -0.3 is 4.90 Å². The molecule has 31 heavy (non-hydrogen) atoms. The maximum Gasteiger partial charge on any atom is 0.254 e. The summed E-state index contributed by atoms with van der Waals surface area (Å²) in [6, 6.07) is 15.5.